The fourth-order valence-corrected chi connectivity index (χ4v) is 1.26. The standard InChI is InChI=1S/C10H10ClNO/c11-10-3-1-8(2-4-10)9(7-12)5-6-13/h1-4,9,13H,5-6H2. The largest absolute Gasteiger partial charge is 0.396 e. The molecule has 0 bridgehead atoms. The lowest BCUT2D eigenvalue weighted by atomic mass is 9.98. The Hall–Kier alpha value is -1.04. The first-order valence-corrected chi connectivity index (χ1v) is 4.41. The second-order valence-corrected chi connectivity index (χ2v) is 3.18. The van der Waals surface area contributed by atoms with Crippen molar-refractivity contribution in [2.45, 2.75) is 12.3 Å². The predicted octanol–water partition coefficient (Wildman–Crippen LogP) is 2.33. The molecule has 0 radical (unpaired) electrons. The summed E-state index contributed by atoms with van der Waals surface area (Å²) in [5.74, 6) is -0.234. The van der Waals surface area contributed by atoms with Crippen molar-refractivity contribution in [2.24, 2.45) is 0 Å². The zero-order valence-corrected chi connectivity index (χ0v) is 7.83. The molecule has 1 atom stereocenters. The Morgan fingerprint density at radius 2 is 2.00 bits per heavy atom. The lowest BCUT2D eigenvalue weighted by Gasteiger charge is -2.06. The predicted molar refractivity (Wildman–Crippen MR) is 51.5 cm³/mol. The summed E-state index contributed by atoms with van der Waals surface area (Å²) in [7, 11) is 0. The molecule has 1 rings (SSSR count). The second kappa shape index (κ2) is 4.86. The van der Waals surface area contributed by atoms with Crippen LogP contribution in [0.1, 0.15) is 17.9 Å². The van der Waals surface area contributed by atoms with E-state index in [1.165, 1.54) is 0 Å². The molecule has 0 saturated carbocycles. The number of hydrogen-bond donors (Lipinski definition) is 1. The molecule has 1 aromatic rings. The Morgan fingerprint density at radius 3 is 2.46 bits per heavy atom. The highest BCUT2D eigenvalue weighted by molar-refractivity contribution is 6.30. The van der Waals surface area contributed by atoms with Gasteiger partial charge in [-0.2, -0.15) is 5.26 Å². The van der Waals surface area contributed by atoms with Gasteiger partial charge in [0.1, 0.15) is 0 Å². The highest BCUT2D eigenvalue weighted by atomic mass is 35.5. The van der Waals surface area contributed by atoms with Gasteiger partial charge in [0.15, 0.2) is 0 Å². The number of nitriles is 1. The third-order valence-electron chi connectivity index (χ3n) is 1.85. The molecule has 0 fully saturated rings. The van der Waals surface area contributed by atoms with Crippen molar-refractivity contribution >= 4 is 11.6 Å². The Morgan fingerprint density at radius 1 is 1.38 bits per heavy atom. The summed E-state index contributed by atoms with van der Waals surface area (Å²) >= 11 is 5.70. The third-order valence-corrected chi connectivity index (χ3v) is 2.10. The quantitative estimate of drug-likeness (QED) is 0.805. The van der Waals surface area contributed by atoms with Crippen LogP contribution in [0.15, 0.2) is 24.3 Å². The van der Waals surface area contributed by atoms with Gasteiger partial charge in [0.25, 0.3) is 0 Å². The summed E-state index contributed by atoms with van der Waals surface area (Å²) in [5.41, 5.74) is 0.904. The molecule has 0 aliphatic rings. The van der Waals surface area contributed by atoms with Crippen LogP contribution >= 0.6 is 11.6 Å². The van der Waals surface area contributed by atoms with Crippen LogP contribution in [0.3, 0.4) is 0 Å². The van der Waals surface area contributed by atoms with Crippen molar-refractivity contribution < 1.29 is 5.11 Å². The van der Waals surface area contributed by atoms with Crippen LogP contribution in [0.2, 0.25) is 5.02 Å². The third kappa shape index (κ3) is 2.73. The molecule has 2 nitrogen and oxygen atoms in total. The molecular weight excluding hydrogens is 186 g/mol. The summed E-state index contributed by atoms with van der Waals surface area (Å²) in [6.07, 6.45) is 0.470. The van der Waals surface area contributed by atoms with E-state index < -0.39 is 0 Å². The van der Waals surface area contributed by atoms with Gasteiger partial charge in [-0.1, -0.05) is 23.7 Å². The van der Waals surface area contributed by atoms with Crippen LogP contribution in [-0.2, 0) is 0 Å². The van der Waals surface area contributed by atoms with Crippen LogP contribution in [0, 0.1) is 11.3 Å². The first kappa shape index (κ1) is 10.0. The van der Waals surface area contributed by atoms with Crippen LogP contribution in [0.25, 0.3) is 0 Å². The average molecular weight is 196 g/mol. The minimum Gasteiger partial charge on any atom is -0.396 e. The molecule has 0 aromatic heterocycles. The zero-order valence-electron chi connectivity index (χ0n) is 7.07. The van der Waals surface area contributed by atoms with E-state index in [4.69, 9.17) is 22.0 Å². The molecule has 1 N–H and O–H groups in total. The molecule has 0 spiro atoms. The molecule has 1 aromatic carbocycles. The van der Waals surface area contributed by atoms with Gasteiger partial charge in [0, 0.05) is 11.6 Å². The maximum Gasteiger partial charge on any atom is 0.0734 e. The smallest absolute Gasteiger partial charge is 0.0734 e. The normalized spacial score (nSPS) is 12.1. The number of benzene rings is 1. The van der Waals surface area contributed by atoms with Crippen molar-refractivity contribution in [3.63, 3.8) is 0 Å². The number of aliphatic hydroxyl groups excluding tert-OH is 1. The SMILES string of the molecule is N#CC(CCO)c1ccc(Cl)cc1. The number of aliphatic hydroxyl groups is 1. The van der Waals surface area contributed by atoms with Crippen LogP contribution in [-0.4, -0.2) is 11.7 Å². The number of hydrogen-bond acceptors (Lipinski definition) is 2. The van der Waals surface area contributed by atoms with Crippen LogP contribution in [0.4, 0.5) is 0 Å². The highest BCUT2D eigenvalue weighted by Crippen LogP contribution is 2.20. The molecule has 0 aliphatic carbocycles. The molecule has 0 saturated heterocycles. The average Bonchev–Trinajstić information content (AvgIpc) is 2.16. The molecule has 3 heteroatoms. The fraction of sp³-hybridized carbons (Fsp3) is 0.300. The summed E-state index contributed by atoms with van der Waals surface area (Å²) in [5, 5.41) is 18.1. The van der Waals surface area contributed by atoms with Crippen molar-refractivity contribution in [3.8, 4) is 6.07 Å². The van der Waals surface area contributed by atoms with Gasteiger partial charge in [-0.15, -0.1) is 0 Å². The van der Waals surface area contributed by atoms with Crippen molar-refractivity contribution in [3.05, 3.63) is 34.9 Å². The first-order valence-electron chi connectivity index (χ1n) is 4.04. The Balaban J connectivity index is 2.81. The van der Waals surface area contributed by atoms with E-state index in [-0.39, 0.29) is 12.5 Å². The van der Waals surface area contributed by atoms with Crippen molar-refractivity contribution in [1.29, 1.82) is 5.26 Å². The molecule has 0 amide bonds. The molecule has 1 unspecified atom stereocenters. The van der Waals surface area contributed by atoms with E-state index in [1.54, 1.807) is 12.1 Å². The first-order chi connectivity index (χ1) is 6.27. The van der Waals surface area contributed by atoms with Gasteiger partial charge in [-0.05, 0) is 24.1 Å². The van der Waals surface area contributed by atoms with Gasteiger partial charge >= 0.3 is 0 Å². The number of nitrogens with zero attached hydrogens (tertiary/aromatic N) is 1. The van der Waals surface area contributed by atoms with E-state index >= 15 is 0 Å². The van der Waals surface area contributed by atoms with Gasteiger partial charge in [-0.25, -0.2) is 0 Å². The van der Waals surface area contributed by atoms with Crippen molar-refractivity contribution in [2.75, 3.05) is 6.61 Å². The summed E-state index contributed by atoms with van der Waals surface area (Å²) < 4.78 is 0. The monoisotopic (exact) mass is 195 g/mol. The van der Waals surface area contributed by atoms with Gasteiger partial charge in [0.05, 0.1) is 12.0 Å². The van der Waals surface area contributed by atoms with E-state index in [9.17, 15) is 0 Å². The second-order valence-electron chi connectivity index (χ2n) is 2.75. The maximum absolute atomic E-state index is 8.79. The van der Waals surface area contributed by atoms with E-state index in [0.29, 0.717) is 11.4 Å². The van der Waals surface area contributed by atoms with E-state index in [1.807, 2.05) is 12.1 Å². The molecular formula is C10H10ClNO. The Kier molecular flexibility index (Phi) is 3.75. The van der Waals surface area contributed by atoms with E-state index in [2.05, 4.69) is 6.07 Å². The zero-order chi connectivity index (χ0) is 9.68. The topological polar surface area (TPSA) is 44.0 Å². The molecule has 0 heterocycles. The number of halogens is 1. The summed E-state index contributed by atoms with van der Waals surface area (Å²) in [4.78, 5) is 0. The van der Waals surface area contributed by atoms with E-state index in [0.717, 1.165) is 5.56 Å². The lowest BCUT2D eigenvalue weighted by molar-refractivity contribution is 0.283. The molecule has 0 aliphatic heterocycles. The Bertz CT molecular complexity index is 302. The summed E-state index contributed by atoms with van der Waals surface area (Å²) in [6.45, 7) is 0.0286. The maximum atomic E-state index is 8.79. The van der Waals surface area contributed by atoms with Gasteiger partial charge in [-0.3, -0.25) is 0 Å². The molecule has 13 heavy (non-hydrogen) atoms. The fourth-order valence-electron chi connectivity index (χ4n) is 1.13. The number of rotatable bonds is 3. The van der Waals surface area contributed by atoms with Crippen LogP contribution in [0.5, 0.6) is 0 Å². The minimum atomic E-state index is -0.234. The Labute approximate surface area is 82.4 Å². The molecule has 68 valence electrons. The van der Waals surface area contributed by atoms with Gasteiger partial charge < -0.3 is 5.11 Å². The lowest BCUT2D eigenvalue weighted by Crippen LogP contribution is -1.98. The van der Waals surface area contributed by atoms with Gasteiger partial charge in [0.2, 0.25) is 0 Å². The minimum absolute atomic E-state index is 0.0286. The van der Waals surface area contributed by atoms with Crippen LogP contribution < -0.4 is 0 Å². The van der Waals surface area contributed by atoms with Crippen molar-refractivity contribution in [1.82, 2.24) is 0 Å². The summed E-state index contributed by atoms with van der Waals surface area (Å²) in [6, 6.07) is 9.26. The highest BCUT2D eigenvalue weighted by Gasteiger charge is 2.08.